The van der Waals surface area contributed by atoms with Crippen LogP contribution in [0, 0.1) is 0 Å². The average molecular weight is 323 g/mol. The van der Waals surface area contributed by atoms with Gasteiger partial charge in [-0.3, -0.25) is 4.79 Å². The first-order valence-corrected chi connectivity index (χ1v) is 8.80. The second kappa shape index (κ2) is 8.11. The number of aryl methyl sites for hydroxylation is 1. The van der Waals surface area contributed by atoms with Gasteiger partial charge in [-0.15, -0.1) is 0 Å². The lowest BCUT2D eigenvalue weighted by molar-refractivity contribution is -0.132. The van der Waals surface area contributed by atoms with Gasteiger partial charge < -0.3 is 10.0 Å². The van der Waals surface area contributed by atoms with Gasteiger partial charge in [0.05, 0.1) is 6.10 Å². The number of aliphatic hydroxyl groups is 1. The summed E-state index contributed by atoms with van der Waals surface area (Å²) < 4.78 is 0. The van der Waals surface area contributed by atoms with Crippen molar-refractivity contribution in [3.8, 4) is 0 Å². The smallest absolute Gasteiger partial charge is 0.223 e. The topological polar surface area (TPSA) is 40.5 Å². The van der Waals surface area contributed by atoms with Gasteiger partial charge >= 0.3 is 0 Å². The second-order valence-electron chi connectivity index (χ2n) is 6.53. The highest BCUT2D eigenvalue weighted by atomic mass is 16.3. The zero-order valence-electron chi connectivity index (χ0n) is 14.0. The van der Waals surface area contributed by atoms with E-state index in [9.17, 15) is 9.90 Å². The second-order valence-corrected chi connectivity index (χ2v) is 6.53. The first-order chi connectivity index (χ1) is 11.7. The summed E-state index contributed by atoms with van der Waals surface area (Å²) in [5, 5.41) is 10.5. The standard InChI is InChI=1S/C21H25NO2/c23-20(18-10-5-2-6-11-18)16-19-12-7-15-22(19)21(24)14-13-17-8-3-1-4-9-17/h1-6,8-11,19-20,23H,7,12-16H2. The lowest BCUT2D eigenvalue weighted by atomic mass is 10.00. The summed E-state index contributed by atoms with van der Waals surface area (Å²) >= 11 is 0. The molecule has 0 spiro atoms. The minimum atomic E-state index is -0.501. The Balaban J connectivity index is 1.55. The van der Waals surface area contributed by atoms with Crippen LogP contribution in [-0.2, 0) is 11.2 Å². The van der Waals surface area contributed by atoms with Gasteiger partial charge in [-0.05, 0) is 36.8 Å². The Hall–Kier alpha value is -2.13. The first kappa shape index (κ1) is 16.7. The molecule has 3 heteroatoms. The zero-order valence-corrected chi connectivity index (χ0v) is 14.0. The van der Waals surface area contributed by atoms with E-state index in [1.165, 1.54) is 5.56 Å². The van der Waals surface area contributed by atoms with Crippen molar-refractivity contribution >= 4 is 5.91 Å². The number of nitrogens with zero attached hydrogens (tertiary/aromatic N) is 1. The maximum Gasteiger partial charge on any atom is 0.223 e. The molecule has 2 unspecified atom stereocenters. The van der Waals surface area contributed by atoms with Crippen LogP contribution in [0.1, 0.15) is 42.9 Å². The maximum atomic E-state index is 12.6. The fourth-order valence-corrected chi connectivity index (χ4v) is 3.52. The van der Waals surface area contributed by atoms with Crippen molar-refractivity contribution in [3.63, 3.8) is 0 Å². The number of amides is 1. The monoisotopic (exact) mass is 323 g/mol. The number of benzene rings is 2. The number of rotatable bonds is 6. The van der Waals surface area contributed by atoms with Gasteiger partial charge in [0.2, 0.25) is 5.91 Å². The maximum absolute atomic E-state index is 12.6. The third-order valence-corrected chi connectivity index (χ3v) is 4.85. The predicted molar refractivity (Wildman–Crippen MR) is 95.5 cm³/mol. The SMILES string of the molecule is O=C(CCc1ccccc1)N1CCCC1CC(O)c1ccccc1. The van der Waals surface area contributed by atoms with E-state index in [1.807, 2.05) is 53.4 Å². The molecule has 2 atom stereocenters. The van der Waals surface area contributed by atoms with E-state index in [0.29, 0.717) is 12.8 Å². The van der Waals surface area contributed by atoms with Crippen LogP contribution in [0.5, 0.6) is 0 Å². The molecule has 1 saturated heterocycles. The normalized spacial score (nSPS) is 18.5. The van der Waals surface area contributed by atoms with Crippen LogP contribution < -0.4 is 0 Å². The van der Waals surface area contributed by atoms with Crippen LogP contribution in [0.4, 0.5) is 0 Å². The highest BCUT2D eigenvalue weighted by Crippen LogP contribution is 2.28. The highest BCUT2D eigenvalue weighted by Gasteiger charge is 2.30. The predicted octanol–water partition coefficient (Wildman–Crippen LogP) is 3.73. The zero-order chi connectivity index (χ0) is 16.8. The van der Waals surface area contributed by atoms with E-state index in [0.717, 1.165) is 31.4 Å². The van der Waals surface area contributed by atoms with E-state index < -0.39 is 6.10 Å². The molecule has 1 heterocycles. The Morgan fingerprint density at radius 1 is 1.08 bits per heavy atom. The van der Waals surface area contributed by atoms with Crippen molar-refractivity contribution < 1.29 is 9.90 Å². The molecule has 1 amide bonds. The molecule has 1 N–H and O–H groups in total. The van der Waals surface area contributed by atoms with Crippen LogP contribution in [0.25, 0.3) is 0 Å². The fraction of sp³-hybridized carbons (Fsp3) is 0.381. The summed E-state index contributed by atoms with van der Waals surface area (Å²) in [6.07, 6.45) is 3.47. The van der Waals surface area contributed by atoms with Crippen molar-refractivity contribution in [3.05, 3.63) is 71.8 Å². The van der Waals surface area contributed by atoms with E-state index in [1.54, 1.807) is 0 Å². The van der Waals surface area contributed by atoms with Crippen molar-refractivity contribution in [1.82, 2.24) is 4.90 Å². The van der Waals surface area contributed by atoms with Crippen LogP contribution >= 0.6 is 0 Å². The molecular formula is C21H25NO2. The lowest BCUT2D eigenvalue weighted by Gasteiger charge is -2.27. The first-order valence-electron chi connectivity index (χ1n) is 8.80. The molecule has 1 aliphatic heterocycles. The van der Waals surface area contributed by atoms with Crippen molar-refractivity contribution in [2.24, 2.45) is 0 Å². The summed E-state index contributed by atoms with van der Waals surface area (Å²) in [6, 6.07) is 20.0. The molecule has 3 rings (SSSR count). The Morgan fingerprint density at radius 2 is 1.75 bits per heavy atom. The van der Waals surface area contributed by atoms with Crippen LogP contribution in [0.2, 0.25) is 0 Å². The van der Waals surface area contributed by atoms with E-state index >= 15 is 0 Å². The fourth-order valence-electron chi connectivity index (χ4n) is 3.52. The third kappa shape index (κ3) is 4.24. The van der Waals surface area contributed by atoms with Crippen molar-refractivity contribution in [2.45, 2.75) is 44.2 Å². The molecule has 0 aromatic heterocycles. The Morgan fingerprint density at radius 3 is 2.46 bits per heavy atom. The van der Waals surface area contributed by atoms with Gasteiger partial charge in [0.15, 0.2) is 0 Å². The molecule has 0 saturated carbocycles. The quantitative estimate of drug-likeness (QED) is 0.880. The molecule has 24 heavy (non-hydrogen) atoms. The van der Waals surface area contributed by atoms with E-state index in [4.69, 9.17) is 0 Å². The van der Waals surface area contributed by atoms with E-state index in [-0.39, 0.29) is 11.9 Å². The number of hydrogen-bond acceptors (Lipinski definition) is 2. The van der Waals surface area contributed by atoms with Gasteiger partial charge in [-0.25, -0.2) is 0 Å². The van der Waals surface area contributed by atoms with Crippen LogP contribution in [0.3, 0.4) is 0 Å². The summed E-state index contributed by atoms with van der Waals surface area (Å²) in [6.45, 7) is 0.819. The number of carbonyl (C=O) groups is 1. The average Bonchev–Trinajstić information content (AvgIpc) is 3.09. The highest BCUT2D eigenvalue weighted by molar-refractivity contribution is 5.77. The van der Waals surface area contributed by atoms with Crippen LogP contribution in [0.15, 0.2) is 60.7 Å². The van der Waals surface area contributed by atoms with Crippen LogP contribution in [-0.4, -0.2) is 28.5 Å². The molecule has 126 valence electrons. The van der Waals surface area contributed by atoms with Gasteiger partial charge in [-0.1, -0.05) is 60.7 Å². The molecule has 2 aromatic carbocycles. The van der Waals surface area contributed by atoms with Crippen molar-refractivity contribution in [1.29, 1.82) is 0 Å². The molecule has 1 aliphatic rings. The van der Waals surface area contributed by atoms with Gasteiger partial charge in [0, 0.05) is 19.0 Å². The Labute approximate surface area is 143 Å². The molecule has 3 nitrogen and oxygen atoms in total. The van der Waals surface area contributed by atoms with Gasteiger partial charge in [0.25, 0.3) is 0 Å². The summed E-state index contributed by atoms with van der Waals surface area (Å²) in [5.74, 6) is 0.210. The largest absolute Gasteiger partial charge is 0.388 e. The molecule has 1 fully saturated rings. The summed E-state index contributed by atoms with van der Waals surface area (Å²) in [4.78, 5) is 14.6. The lowest BCUT2D eigenvalue weighted by Crippen LogP contribution is -2.36. The third-order valence-electron chi connectivity index (χ3n) is 4.85. The van der Waals surface area contributed by atoms with Crippen molar-refractivity contribution in [2.75, 3.05) is 6.54 Å². The summed E-state index contributed by atoms with van der Waals surface area (Å²) in [7, 11) is 0. The minimum Gasteiger partial charge on any atom is -0.388 e. The molecule has 0 bridgehead atoms. The van der Waals surface area contributed by atoms with Gasteiger partial charge in [-0.2, -0.15) is 0 Å². The minimum absolute atomic E-state index is 0.156. The number of carbonyl (C=O) groups excluding carboxylic acids is 1. The van der Waals surface area contributed by atoms with E-state index in [2.05, 4.69) is 12.1 Å². The Bertz CT molecular complexity index is 641. The number of likely N-dealkylation sites (tertiary alicyclic amines) is 1. The molecular weight excluding hydrogens is 298 g/mol. The number of aliphatic hydroxyl groups excluding tert-OH is 1. The molecule has 0 aliphatic carbocycles. The molecule has 0 radical (unpaired) electrons. The number of hydrogen-bond donors (Lipinski definition) is 1. The Kier molecular flexibility index (Phi) is 5.65. The summed E-state index contributed by atoms with van der Waals surface area (Å²) in [5.41, 5.74) is 2.13. The molecule has 2 aromatic rings. The van der Waals surface area contributed by atoms with Gasteiger partial charge in [0.1, 0.15) is 0 Å².